The van der Waals surface area contributed by atoms with E-state index in [-0.39, 0.29) is 0 Å². The zero-order chi connectivity index (χ0) is 7.78. The molecule has 0 nitrogen and oxygen atoms in total. The van der Waals surface area contributed by atoms with Crippen LogP contribution in [0.5, 0.6) is 0 Å². The van der Waals surface area contributed by atoms with Crippen LogP contribution in [-0.4, -0.2) is 0 Å². The lowest BCUT2D eigenvalue weighted by atomic mass is 9.71. The maximum atomic E-state index is 2.37. The fraction of sp³-hybridized carbons (Fsp3) is 0.800. The zero-order valence-electron chi connectivity index (χ0n) is 7.52. The summed E-state index contributed by atoms with van der Waals surface area (Å²) in [6, 6.07) is 0. The van der Waals surface area contributed by atoms with Gasteiger partial charge in [0.1, 0.15) is 0 Å². The molecule has 1 aliphatic carbocycles. The summed E-state index contributed by atoms with van der Waals surface area (Å²) < 4.78 is 0. The van der Waals surface area contributed by atoms with Crippen LogP contribution in [0.3, 0.4) is 0 Å². The molecule has 0 fully saturated rings. The molecule has 0 saturated carbocycles. The summed E-state index contributed by atoms with van der Waals surface area (Å²) in [5, 5.41) is 0. The van der Waals surface area contributed by atoms with E-state index in [0.717, 1.165) is 11.8 Å². The zero-order valence-corrected chi connectivity index (χ0v) is 7.52. The highest BCUT2D eigenvalue weighted by molar-refractivity contribution is 5.04. The fourth-order valence-corrected chi connectivity index (χ4v) is 1.52. The van der Waals surface area contributed by atoms with Gasteiger partial charge in [0.2, 0.25) is 0 Å². The van der Waals surface area contributed by atoms with Crippen LogP contribution in [0.2, 0.25) is 0 Å². The van der Waals surface area contributed by atoms with E-state index in [2.05, 4.69) is 39.8 Å². The van der Waals surface area contributed by atoms with E-state index in [4.69, 9.17) is 0 Å². The highest BCUT2D eigenvalue weighted by Crippen LogP contribution is 2.37. The van der Waals surface area contributed by atoms with E-state index in [1.54, 1.807) is 0 Å². The predicted octanol–water partition coefficient (Wildman–Crippen LogP) is 3.24. The van der Waals surface area contributed by atoms with Crippen molar-refractivity contribution in [2.24, 2.45) is 17.3 Å². The van der Waals surface area contributed by atoms with Crippen LogP contribution < -0.4 is 0 Å². The van der Waals surface area contributed by atoms with Gasteiger partial charge in [-0.3, -0.25) is 0 Å². The van der Waals surface area contributed by atoms with Gasteiger partial charge in [-0.2, -0.15) is 0 Å². The van der Waals surface area contributed by atoms with Gasteiger partial charge < -0.3 is 0 Å². The monoisotopic (exact) mass is 138 g/mol. The van der Waals surface area contributed by atoms with Crippen LogP contribution in [0.4, 0.5) is 0 Å². The molecule has 58 valence electrons. The van der Waals surface area contributed by atoms with Crippen LogP contribution in [0.25, 0.3) is 0 Å². The number of hydrogen-bond acceptors (Lipinski definition) is 0. The Morgan fingerprint density at radius 2 is 1.90 bits per heavy atom. The Kier molecular flexibility index (Phi) is 1.89. The molecule has 0 aromatic heterocycles. The standard InChI is InChI=1S/C10H18/c1-8-5-6-10(3,4)9(2)7-8/h5-6,8-9H,7H2,1-4H3. The lowest BCUT2D eigenvalue weighted by molar-refractivity contribution is 0.250. The molecule has 0 radical (unpaired) electrons. The maximum absolute atomic E-state index is 2.37. The Balaban J connectivity index is 2.72. The van der Waals surface area contributed by atoms with Gasteiger partial charge in [0.05, 0.1) is 0 Å². The molecule has 0 N–H and O–H groups in total. The number of allylic oxidation sites excluding steroid dienone is 2. The number of rotatable bonds is 0. The summed E-state index contributed by atoms with van der Waals surface area (Å²) in [4.78, 5) is 0. The minimum Gasteiger partial charge on any atom is -0.0851 e. The van der Waals surface area contributed by atoms with Crippen LogP contribution in [-0.2, 0) is 0 Å². The van der Waals surface area contributed by atoms with Crippen LogP contribution in [0.1, 0.15) is 34.1 Å². The first-order valence-corrected chi connectivity index (χ1v) is 4.22. The molecule has 0 aromatic carbocycles. The molecule has 1 aliphatic rings. The summed E-state index contributed by atoms with van der Waals surface area (Å²) >= 11 is 0. The van der Waals surface area contributed by atoms with Crippen molar-refractivity contribution in [3.63, 3.8) is 0 Å². The predicted molar refractivity (Wildman–Crippen MR) is 45.9 cm³/mol. The summed E-state index contributed by atoms with van der Waals surface area (Å²) in [6.45, 7) is 9.28. The van der Waals surface area contributed by atoms with Crippen molar-refractivity contribution >= 4 is 0 Å². The van der Waals surface area contributed by atoms with Gasteiger partial charge in [0.15, 0.2) is 0 Å². The summed E-state index contributed by atoms with van der Waals surface area (Å²) in [7, 11) is 0. The third-order valence-corrected chi connectivity index (χ3v) is 2.85. The van der Waals surface area contributed by atoms with Crippen molar-refractivity contribution in [3.05, 3.63) is 12.2 Å². The van der Waals surface area contributed by atoms with Gasteiger partial charge >= 0.3 is 0 Å². The third-order valence-electron chi connectivity index (χ3n) is 2.85. The van der Waals surface area contributed by atoms with Gasteiger partial charge in [-0.05, 0) is 23.7 Å². The second-order valence-corrected chi connectivity index (χ2v) is 4.29. The molecular weight excluding hydrogens is 120 g/mol. The largest absolute Gasteiger partial charge is 0.0851 e. The van der Waals surface area contributed by atoms with Gasteiger partial charge in [-0.25, -0.2) is 0 Å². The topological polar surface area (TPSA) is 0 Å². The van der Waals surface area contributed by atoms with Crippen molar-refractivity contribution in [1.82, 2.24) is 0 Å². The minimum absolute atomic E-state index is 0.437. The Bertz CT molecular complexity index is 142. The summed E-state index contributed by atoms with van der Waals surface area (Å²) in [6.07, 6.45) is 6.06. The van der Waals surface area contributed by atoms with Gasteiger partial charge in [0, 0.05) is 0 Å². The van der Waals surface area contributed by atoms with E-state index >= 15 is 0 Å². The lowest BCUT2D eigenvalue weighted by Gasteiger charge is -2.34. The molecule has 0 aromatic rings. The average molecular weight is 138 g/mol. The smallest absolute Gasteiger partial charge is 0.0149 e. The first-order valence-electron chi connectivity index (χ1n) is 4.22. The molecule has 1 rings (SSSR count). The molecule has 0 saturated heterocycles. The van der Waals surface area contributed by atoms with E-state index in [1.807, 2.05) is 0 Å². The van der Waals surface area contributed by atoms with E-state index < -0.39 is 0 Å². The van der Waals surface area contributed by atoms with Crippen molar-refractivity contribution < 1.29 is 0 Å². The molecule has 2 atom stereocenters. The average Bonchev–Trinajstić information content (AvgIpc) is 1.81. The quantitative estimate of drug-likeness (QED) is 0.451. The van der Waals surface area contributed by atoms with Crippen molar-refractivity contribution in [1.29, 1.82) is 0 Å². The second-order valence-electron chi connectivity index (χ2n) is 4.29. The minimum atomic E-state index is 0.437. The van der Waals surface area contributed by atoms with Gasteiger partial charge in [-0.1, -0.05) is 39.8 Å². The lowest BCUT2D eigenvalue weighted by Crippen LogP contribution is -2.24. The maximum Gasteiger partial charge on any atom is -0.0149 e. The van der Waals surface area contributed by atoms with Crippen LogP contribution >= 0.6 is 0 Å². The molecule has 0 amide bonds. The first-order chi connectivity index (χ1) is 4.52. The molecule has 0 heterocycles. The van der Waals surface area contributed by atoms with Crippen molar-refractivity contribution in [2.45, 2.75) is 34.1 Å². The van der Waals surface area contributed by atoms with Crippen LogP contribution in [0, 0.1) is 17.3 Å². The van der Waals surface area contributed by atoms with E-state index in [0.29, 0.717) is 5.41 Å². The molecule has 0 spiro atoms. The fourth-order valence-electron chi connectivity index (χ4n) is 1.52. The first kappa shape index (κ1) is 7.84. The summed E-state index contributed by atoms with van der Waals surface area (Å²) in [5.74, 6) is 1.63. The highest BCUT2D eigenvalue weighted by Gasteiger charge is 2.26. The molecule has 2 unspecified atom stereocenters. The second kappa shape index (κ2) is 2.41. The van der Waals surface area contributed by atoms with E-state index in [1.165, 1.54) is 6.42 Å². The Labute approximate surface area is 64.3 Å². The Morgan fingerprint density at radius 3 is 2.30 bits per heavy atom. The summed E-state index contributed by atoms with van der Waals surface area (Å²) in [5.41, 5.74) is 0.437. The third kappa shape index (κ3) is 1.42. The highest BCUT2D eigenvalue weighted by atomic mass is 14.3. The Morgan fingerprint density at radius 1 is 1.30 bits per heavy atom. The molecular formula is C10H18. The normalized spacial score (nSPS) is 38.0. The van der Waals surface area contributed by atoms with Crippen molar-refractivity contribution in [2.75, 3.05) is 0 Å². The SMILES string of the molecule is CC1C=CC(C)(C)C(C)C1. The van der Waals surface area contributed by atoms with Crippen molar-refractivity contribution in [3.8, 4) is 0 Å². The molecule has 0 bridgehead atoms. The molecule has 10 heavy (non-hydrogen) atoms. The van der Waals surface area contributed by atoms with Crippen LogP contribution in [0.15, 0.2) is 12.2 Å². The van der Waals surface area contributed by atoms with Gasteiger partial charge in [-0.15, -0.1) is 0 Å². The van der Waals surface area contributed by atoms with Gasteiger partial charge in [0.25, 0.3) is 0 Å². The Hall–Kier alpha value is -0.260. The molecule has 0 heteroatoms. The van der Waals surface area contributed by atoms with E-state index in [9.17, 15) is 0 Å². The molecule has 0 aliphatic heterocycles. The number of hydrogen-bond donors (Lipinski definition) is 0.